The number of rotatable bonds is 18. The zero-order valence-electron chi connectivity index (χ0n) is 20.1. The third-order valence-electron chi connectivity index (χ3n) is 5.91. The van der Waals surface area contributed by atoms with Crippen molar-refractivity contribution < 1.29 is 4.74 Å². The Balaban J connectivity index is 1.73. The van der Waals surface area contributed by atoms with Crippen molar-refractivity contribution in [2.45, 2.75) is 110 Å². The van der Waals surface area contributed by atoms with Crippen molar-refractivity contribution in [3.8, 4) is 17.1 Å². The molecule has 0 atom stereocenters. The SMILES string of the molecule is CCCCCCCCCCOc1ccccc1-c1ncc(CCCCCCCC)cn1. The third-order valence-corrected chi connectivity index (χ3v) is 5.91. The van der Waals surface area contributed by atoms with Gasteiger partial charge < -0.3 is 4.74 Å². The van der Waals surface area contributed by atoms with Crippen LogP contribution in [-0.4, -0.2) is 16.6 Å². The van der Waals surface area contributed by atoms with E-state index in [-0.39, 0.29) is 0 Å². The standard InChI is InChI=1S/C28H44N2O/c1-3-5-7-9-11-12-14-18-22-31-27-21-17-16-20-26(27)28-29-23-25(24-30-28)19-15-13-10-8-6-4-2/h16-17,20-21,23-24H,3-15,18-19,22H2,1-2H3. The second kappa shape index (κ2) is 16.8. The molecule has 1 heterocycles. The highest BCUT2D eigenvalue weighted by atomic mass is 16.5. The molecule has 0 fully saturated rings. The van der Waals surface area contributed by atoms with Crippen LogP contribution in [0.15, 0.2) is 36.7 Å². The van der Waals surface area contributed by atoms with Crippen LogP contribution in [-0.2, 0) is 6.42 Å². The number of ether oxygens (including phenoxy) is 1. The fourth-order valence-corrected chi connectivity index (χ4v) is 3.93. The maximum absolute atomic E-state index is 6.10. The lowest BCUT2D eigenvalue weighted by Gasteiger charge is -2.11. The lowest BCUT2D eigenvalue weighted by atomic mass is 10.1. The molecule has 1 aromatic carbocycles. The van der Waals surface area contributed by atoms with E-state index in [1.54, 1.807) is 0 Å². The Morgan fingerprint density at radius 1 is 0.645 bits per heavy atom. The van der Waals surface area contributed by atoms with Crippen molar-refractivity contribution in [2.24, 2.45) is 0 Å². The Bertz CT molecular complexity index is 684. The lowest BCUT2D eigenvalue weighted by Crippen LogP contribution is -2.00. The number of unbranched alkanes of at least 4 members (excludes halogenated alkanes) is 12. The van der Waals surface area contributed by atoms with Crippen LogP contribution in [0.5, 0.6) is 5.75 Å². The van der Waals surface area contributed by atoms with Crippen molar-refractivity contribution in [3.63, 3.8) is 0 Å². The van der Waals surface area contributed by atoms with E-state index in [9.17, 15) is 0 Å². The molecule has 0 saturated heterocycles. The van der Waals surface area contributed by atoms with E-state index in [0.29, 0.717) is 0 Å². The number of para-hydroxylation sites is 1. The van der Waals surface area contributed by atoms with Crippen LogP contribution in [0.3, 0.4) is 0 Å². The molecule has 0 spiro atoms. The molecular weight excluding hydrogens is 380 g/mol. The minimum atomic E-state index is 0.762. The van der Waals surface area contributed by atoms with E-state index in [0.717, 1.165) is 36.6 Å². The van der Waals surface area contributed by atoms with E-state index in [4.69, 9.17) is 4.74 Å². The molecule has 3 nitrogen and oxygen atoms in total. The van der Waals surface area contributed by atoms with Gasteiger partial charge in [0.15, 0.2) is 5.82 Å². The summed E-state index contributed by atoms with van der Waals surface area (Å²) in [6.07, 6.45) is 23.4. The second-order valence-corrected chi connectivity index (χ2v) is 8.75. The first kappa shape index (κ1) is 25.4. The van der Waals surface area contributed by atoms with Crippen molar-refractivity contribution in [1.29, 1.82) is 0 Å². The average molecular weight is 425 g/mol. The van der Waals surface area contributed by atoms with Crippen LogP contribution in [0, 0.1) is 0 Å². The summed E-state index contributed by atoms with van der Waals surface area (Å²) in [6.45, 7) is 5.30. The molecule has 0 saturated carbocycles. The van der Waals surface area contributed by atoms with Gasteiger partial charge in [0.25, 0.3) is 0 Å². The van der Waals surface area contributed by atoms with Gasteiger partial charge in [-0.1, -0.05) is 103 Å². The van der Waals surface area contributed by atoms with Crippen molar-refractivity contribution in [1.82, 2.24) is 9.97 Å². The Morgan fingerprint density at radius 2 is 1.19 bits per heavy atom. The Morgan fingerprint density at radius 3 is 1.84 bits per heavy atom. The first-order chi connectivity index (χ1) is 15.3. The molecule has 2 aromatic rings. The summed E-state index contributed by atoms with van der Waals surface area (Å²) in [6, 6.07) is 8.16. The topological polar surface area (TPSA) is 35.0 Å². The third kappa shape index (κ3) is 10.8. The zero-order valence-corrected chi connectivity index (χ0v) is 20.1. The summed E-state index contributed by atoms with van der Waals surface area (Å²) in [5, 5.41) is 0. The van der Waals surface area contributed by atoms with Gasteiger partial charge in [-0.15, -0.1) is 0 Å². The number of hydrogen-bond acceptors (Lipinski definition) is 3. The number of benzene rings is 1. The number of aryl methyl sites for hydroxylation is 1. The number of nitrogens with zero attached hydrogens (tertiary/aromatic N) is 2. The maximum Gasteiger partial charge on any atom is 0.162 e. The van der Waals surface area contributed by atoms with E-state index >= 15 is 0 Å². The summed E-state index contributed by atoms with van der Waals surface area (Å²) < 4.78 is 6.10. The number of hydrogen-bond donors (Lipinski definition) is 0. The van der Waals surface area contributed by atoms with Gasteiger partial charge in [-0.05, 0) is 37.0 Å². The van der Waals surface area contributed by atoms with Gasteiger partial charge in [-0.3, -0.25) is 0 Å². The minimum absolute atomic E-state index is 0.762. The van der Waals surface area contributed by atoms with E-state index < -0.39 is 0 Å². The second-order valence-electron chi connectivity index (χ2n) is 8.75. The first-order valence-corrected chi connectivity index (χ1v) is 12.9. The smallest absolute Gasteiger partial charge is 0.162 e. The van der Waals surface area contributed by atoms with E-state index in [2.05, 4.69) is 29.9 Å². The van der Waals surface area contributed by atoms with Crippen LogP contribution in [0.25, 0.3) is 11.4 Å². The first-order valence-electron chi connectivity index (χ1n) is 12.9. The van der Waals surface area contributed by atoms with Crippen molar-refractivity contribution in [3.05, 3.63) is 42.2 Å². The normalized spacial score (nSPS) is 11.0. The van der Waals surface area contributed by atoms with Gasteiger partial charge in [-0.25, -0.2) is 9.97 Å². The highest BCUT2D eigenvalue weighted by molar-refractivity contribution is 5.63. The summed E-state index contributed by atoms with van der Waals surface area (Å²) in [4.78, 5) is 9.28. The molecule has 0 amide bonds. The summed E-state index contributed by atoms with van der Waals surface area (Å²) in [7, 11) is 0. The molecule has 2 rings (SSSR count). The molecule has 0 radical (unpaired) electrons. The van der Waals surface area contributed by atoms with Crippen LogP contribution in [0.1, 0.15) is 109 Å². The monoisotopic (exact) mass is 424 g/mol. The van der Waals surface area contributed by atoms with Gasteiger partial charge in [0.05, 0.1) is 12.2 Å². The van der Waals surface area contributed by atoms with Gasteiger partial charge in [0.2, 0.25) is 0 Å². The van der Waals surface area contributed by atoms with Crippen LogP contribution in [0.4, 0.5) is 0 Å². The molecule has 31 heavy (non-hydrogen) atoms. The lowest BCUT2D eigenvalue weighted by molar-refractivity contribution is 0.305. The molecular formula is C28H44N2O. The largest absolute Gasteiger partial charge is 0.493 e. The Labute approximate surface area is 191 Å². The van der Waals surface area contributed by atoms with Crippen LogP contribution >= 0.6 is 0 Å². The van der Waals surface area contributed by atoms with Gasteiger partial charge in [0, 0.05) is 12.4 Å². The fraction of sp³-hybridized carbons (Fsp3) is 0.643. The predicted octanol–water partition coefficient (Wildman–Crippen LogP) is 8.57. The minimum Gasteiger partial charge on any atom is -0.493 e. The summed E-state index contributed by atoms with van der Waals surface area (Å²) in [5.41, 5.74) is 2.23. The van der Waals surface area contributed by atoms with Crippen molar-refractivity contribution in [2.75, 3.05) is 6.61 Å². The molecule has 0 aliphatic heterocycles. The maximum atomic E-state index is 6.10. The molecule has 3 heteroatoms. The molecule has 0 aliphatic rings. The van der Waals surface area contributed by atoms with Gasteiger partial charge in [0.1, 0.15) is 5.75 Å². The van der Waals surface area contributed by atoms with E-state index in [1.165, 1.54) is 89.0 Å². The van der Waals surface area contributed by atoms with Crippen LogP contribution < -0.4 is 4.74 Å². The molecule has 1 aromatic heterocycles. The van der Waals surface area contributed by atoms with Crippen LogP contribution in [0.2, 0.25) is 0 Å². The Hall–Kier alpha value is -1.90. The molecule has 0 aliphatic carbocycles. The average Bonchev–Trinajstić information content (AvgIpc) is 2.81. The summed E-state index contributed by atoms with van der Waals surface area (Å²) in [5.74, 6) is 1.66. The fourth-order valence-electron chi connectivity index (χ4n) is 3.93. The molecule has 172 valence electrons. The molecule has 0 N–H and O–H groups in total. The zero-order chi connectivity index (χ0) is 22.0. The Kier molecular flexibility index (Phi) is 13.7. The highest BCUT2D eigenvalue weighted by Gasteiger charge is 2.09. The summed E-state index contributed by atoms with van der Waals surface area (Å²) >= 11 is 0. The van der Waals surface area contributed by atoms with Gasteiger partial charge >= 0.3 is 0 Å². The molecule has 0 bridgehead atoms. The quantitative estimate of drug-likeness (QED) is 0.225. The number of aromatic nitrogens is 2. The molecule has 0 unspecified atom stereocenters. The van der Waals surface area contributed by atoms with Crippen molar-refractivity contribution >= 4 is 0 Å². The van der Waals surface area contributed by atoms with Gasteiger partial charge in [-0.2, -0.15) is 0 Å². The van der Waals surface area contributed by atoms with E-state index in [1.807, 2.05) is 30.6 Å². The highest BCUT2D eigenvalue weighted by Crippen LogP contribution is 2.27. The predicted molar refractivity (Wildman–Crippen MR) is 133 cm³/mol.